The lowest BCUT2D eigenvalue weighted by atomic mass is 10.2. The Hall–Kier alpha value is -2.62. The molecule has 6 nitrogen and oxygen atoms in total. The van der Waals surface area contributed by atoms with Gasteiger partial charge in [-0.25, -0.2) is 4.98 Å². The van der Waals surface area contributed by atoms with Crippen LogP contribution in [0.25, 0.3) is 11.0 Å². The molecule has 3 rings (SSSR count). The van der Waals surface area contributed by atoms with Gasteiger partial charge in [0.1, 0.15) is 12.4 Å². The Kier molecular flexibility index (Phi) is 8.11. The fraction of sp³-hybridized carbons (Fsp3) is 0.435. The molecule has 0 fully saturated rings. The highest BCUT2D eigenvalue weighted by atomic mass is 19.4. The van der Waals surface area contributed by atoms with Gasteiger partial charge in [0, 0.05) is 19.7 Å². The number of para-hydroxylation sites is 2. The zero-order valence-electron chi connectivity index (χ0n) is 18.2. The van der Waals surface area contributed by atoms with Gasteiger partial charge in [0.2, 0.25) is 5.82 Å². The summed E-state index contributed by atoms with van der Waals surface area (Å²) in [6, 6.07) is 14.0. The molecule has 0 spiro atoms. The van der Waals surface area contributed by atoms with Gasteiger partial charge in [-0.1, -0.05) is 24.3 Å². The fourth-order valence-electron chi connectivity index (χ4n) is 3.54. The number of ether oxygens (including phenoxy) is 2. The minimum atomic E-state index is -4.60. The van der Waals surface area contributed by atoms with E-state index >= 15 is 0 Å². The average Bonchev–Trinajstić information content (AvgIpc) is 3.11. The van der Waals surface area contributed by atoms with Crippen LogP contribution in [0.1, 0.15) is 18.3 Å². The monoisotopic (exact) mass is 451 g/mol. The number of rotatable bonds is 11. The first kappa shape index (κ1) is 24.0. The second-order valence-electron chi connectivity index (χ2n) is 7.57. The fourth-order valence-corrected chi connectivity index (χ4v) is 3.54. The Labute approximate surface area is 185 Å². The lowest BCUT2D eigenvalue weighted by Crippen LogP contribution is -2.32. The maximum absolute atomic E-state index is 13.4. The van der Waals surface area contributed by atoms with Crippen LogP contribution in [0.15, 0.2) is 48.5 Å². The zero-order valence-corrected chi connectivity index (χ0v) is 18.2. The van der Waals surface area contributed by atoms with Crippen molar-refractivity contribution in [3.8, 4) is 5.75 Å². The molecule has 0 bridgehead atoms. The van der Waals surface area contributed by atoms with Crippen molar-refractivity contribution in [3.63, 3.8) is 0 Å². The second-order valence-corrected chi connectivity index (χ2v) is 7.57. The molecule has 1 heterocycles. The SMILES string of the molecule is CCOCCOc1ccc(CN(C)C[C@@H](O)Cn2c(C(F)(F)F)nc3ccccc32)cc1. The third-order valence-electron chi connectivity index (χ3n) is 4.90. The molecule has 2 aromatic carbocycles. The largest absolute Gasteiger partial charge is 0.491 e. The van der Waals surface area contributed by atoms with Crippen molar-refractivity contribution in [3.05, 3.63) is 59.9 Å². The van der Waals surface area contributed by atoms with Crippen molar-refractivity contribution in [1.82, 2.24) is 14.5 Å². The smallest absolute Gasteiger partial charge is 0.449 e. The molecule has 174 valence electrons. The van der Waals surface area contributed by atoms with E-state index in [4.69, 9.17) is 9.47 Å². The third kappa shape index (κ3) is 6.44. The van der Waals surface area contributed by atoms with Crippen LogP contribution >= 0.6 is 0 Å². The molecule has 32 heavy (non-hydrogen) atoms. The van der Waals surface area contributed by atoms with Gasteiger partial charge in [0.05, 0.1) is 30.3 Å². The summed E-state index contributed by atoms with van der Waals surface area (Å²) in [5, 5.41) is 10.5. The number of alkyl halides is 3. The van der Waals surface area contributed by atoms with Crippen molar-refractivity contribution in [1.29, 1.82) is 0 Å². The molecule has 0 aliphatic rings. The maximum Gasteiger partial charge on any atom is 0.449 e. The molecule has 0 aliphatic heterocycles. The van der Waals surface area contributed by atoms with Gasteiger partial charge >= 0.3 is 6.18 Å². The van der Waals surface area contributed by atoms with Gasteiger partial charge < -0.3 is 19.1 Å². The van der Waals surface area contributed by atoms with Gasteiger partial charge in [0.15, 0.2) is 0 Å². The van der Waals surface area contributed by atoms with Crippen LogP contribution in [0, 0.1) is 0 Å². The highest BCUT2D eigenvalue weighted by Gasteiger charge is 2.38. The summed E-state index contributed by atoms with van der Waals surface area (Å²) in [4.78, 5) is 5.58. The van der Waals surface area contributed by atoms with Crippen LogP contribution in [0.4, 0.5) is 13.2 Å². The Morgan fingerprint density at radius 3 is 2.50 bits per heavy atom. The molecule has 3 aromatic rings. The van der Waals surface area contributed by atoms with Crippen LogP contribution in [-0.2, 0) is 24.0 Å². The highest BCUT2D eigenvalue weighted by molar-refractivity contribution is 5.76. The second kappa shape index (κ2) is 10.8. The Morgan fingerprint density at radius 2 is 1.81 bits per heavy atom. The van der Waals surface area contributed by atoms with Gasteiger partial charge in [-0.15, -0.1) is 0 Å². The number of hydrogen-bond donors (Lipinski definition) is 1. The normalized spacial score (nSPS) is 13.1. The van der Waals surface area contributed by atoms with Crippen molar-refractivity contribution < 1.29 is 27.8 Å². The predicted octanol–water partition coefficient (Wildman–Crippen LogP) is 3.96. The molecule has 0 amide bonds. The number of halogens is 3. The zero-order chi connectivity index (χ0) is 23.1. The van der Waals surface area contributed by atoms with E-state index in [0.29, 0.717) is 31.9 Å². The van der Waals surface area contributed by atoms with E-state index in [1.165, 1.54) is 6.07 Å². The van der Waals surface area contributed by atoms with E-state index < -0.39 is 18.1 Å². The average molecular weight is 451 g/mol. The Balaban J connectivity index is 1.58. The summed E-state index contributed by atoms with van der Waals surface area (Å²) in [6.07, 6.45) is -5.60. The van der Waals surface area contributed by atoms with Crippen LogP contribution in [-0.4, -0.2) is 59.1 Å². The van der Waals surface area contributed by atoms with Crippen LogP contribution in [0.3, 0.4) is 0 Å². The first-order valence-electron chi connectivity index (χ1n) is 10.5. The number of aliphatic hydroxyl groups is 1. The van der Waals surface area contributed by atoms with E-state index in [0.717, 1.165) is 15.9 Å². The van der Waals surface area contributed by atoms with Crippen molar-refractivity contribution in [2.75, 3.05) is 33.4 Å². The number of fused-ring (bicyclic) bond motifs is 1. The summed E-state index contributed by atoms with van der Waals surface area (Å²) in [6.45, 7) is 4.11. The van der Waals surface area contributed by atoms with Crippen molar-refractivity contribution in [2.45, 2.75) is 32.3 Å². The number of benzene rings is 2. The molecule has 0 saturated carbocycles. The van der Waals surface area contributed by atoms with E-state index in [1.54, 1.807) is 18.2 Å². The first-order valence-corrected chi connectivity index (χ1v) is 10.5. The summed E-state index contributed by atoms with van der Waals surface area (Å²) in [7, 11) is 1.81. The third-order valence-corrected chi connectivity index (χ3v) is 4.90. The van der Waals surface area contributed by atoms with Crippen molar-refractivity contribution >= 4 is 11.0 Å². The molecule has 1 atom stereocenters. The minimum Gasteiger partial charge on any atom is -0.491 e. The summed E-state index contributed by atoms with van der Waals surface area (Å²) in [5.74, 6) is -0.261. The lowest BCUT2D eigenvalue weighted by Gasteiger charge is -2.22. The lowest BCUT2D eigenvalue weighted by molar-refractivity contribution is -0.147. The van der Waals surface area contributed by atoms with Gasteiger partial charge in [0.25, 0.3) is 0 Å². The summed E-state index contributed by atoms with van der Waals surface area (Å²) >= 11 is 0. The van der Waals surface area contributed by atoms with Gasteiger partial charge in [-0.05, 0) is 43.8 Å². The number of aromatic nitrogens is 2. The molecular formula is C23H28F3N3O3. The van der Waals surface area contributed by atoms with E-state index in [2.05, 4.69) is 4.98 Å². The number of nitrogens with zero attached hydrogens (tertiary/aromatic N) is 3. The topological polar surface area (TPSA) is 59.8 Å². The molecule has 9 heteroatoms. The Bertz CT molecular complexity index is 990. The predicted molar refractivity (Wildman–Crippen MR) is 116 cm³/mol. The standard InChI is InChI=1S/C23H28F3N3O3/c1-3-31-12-13-32-19-10-8-17(9-11-19)14-28(2)15-18(30)16-29-21-7-5-4-6-20(21)27-22(29)23(24,25)26/h4-11,18,30H,3,12-16H2,1-2H3/t18-/m1/s1. The molecule has 0 radical (unpaired) electrons. The van der Waals surface area contributed by atoms with E-state index in [-0.39, 0.29) is 18.6 Å². The van der Waals surface area contributed by atoms with Crippen LogP contribution in [0.5, 0.6) is 5.75 Å². The number of hydrogen-bond acceptors (Lipinski definition) is 5. The quantitative estimate of drug-likeness (QED) is 0.447. The van der Waals surface area contributed by atoms with Crippen LogP contribution in [0.2, 0.25) is 0 Å². The van der Waals surface area contributed by atoms with Crippen LogP contribution < -0.4 is 4.74 Å². The number of aliphatic hydroxyl groups excluding tert-OH is 1. The van der Waals surface area contributed by atoms with Crippen molar-refractivity contribution in [2.24, 2.45) is 0 Å². The highest BCUT2D eigenvalue weighted by Crippen LogP contribution is 2.31. The minimum absolute atomic E-state index is 0.202. The summed E-state index contributed by atoms with van der Waals surface area (Å²) < 4.78 is 52.2. The molecule has 1 aromatic heterocycles. The van der Waals surface area contributed by atoms with E-state index in [1.807, 2.05) is 43.1 Å². The number of likely N-dealkylation sites (N-methyl/N-ethyl adjacent to an activating group) is 1. The number of imidazole rings is 1. The summed E-state index contributed by atoms with van der Waals surface area (Å²) in [5.41, 5.74) is 1.60. The van der Waals surface area contributed by atoms with Gasteiger partial charge in [-0.2, -0.15) is 13.2 Å². The Morgan fingerprint density at radius 1 is 1.09 bits per heavy atom. The molecule has 0 unspecified atom stereocenters. The maximum atomic E-state index is 13.4. The molecule has 0 aliphatic carbocycles. The van der Waals surface area contributed by atoms with Gasteiger partial charge in [-0.3, -0.25) is 4.90 Å². The first-order chi connectivity index (χ1) is 15.3. The molecule has 0 saturated heterocycles. The molecular weight excluding hydrogens is 423 g/mol. The van der Waals surface area contributed by atoms with E-state index in [9.17, 15) is 18.3 Å². The molecule has 1 N–H and O–H groups in total.